The van der Waals surface area contributed by atoms with E-state index in [0.717, 1.165) is 11.2 Å². The highest BCUT2D eigenvalue weighted by atomic mass is 16.7. The van der Waals surface area contributed by atoms with E-state index in [1.54, 1.807) is 18.0 Å². The van der Waals surface area contributed by atoms with E-state index in [9.17, 15) is 5.11 Å². The Balaban J connectivity index is 0.000000242. The van der Waals surface area contributed by atoms with Crippen molar-refractivity contribution in [3.8, 4) is 0 Å². The predicted molar refractivity (Wildman–Crippen MR) is 101 cm³/mol. The predicted octanol–water partition coefficient (Wildman–Crippen LogP) is 0.807. The van der Waals surface area contributed by atoms with Gasteiger partial charge >= 0.3 is 0 Å². The third-order valence-corrected chi connectivity index (χ3v) is 4.28. The highest BCUT2D eigenvalue weighted by Gasteiger charge is 2.35. The number of aryl methyl sites for hydroxylation is 1. The molecule has 2 N–H and O–H groups in total. The van der Waals surface area contributed by atoms with Gasteiger partial charge in [-0.2, -0.15) is 0 Å². The fraction of sp³-hybridized carbons (Fsp3) is 0.722. The Labute approximate surface area is 164 Å². The van der Waals surface area contributed by atoms with E-state index in [2.05, 4.69) is 15.0 Å². The van der Waals surface area contributed by atoms with Gasteiger partial charge in [0.05, 0.1) is 37.9 Å². The topological polar surface area (TPSA) is 121 Å². The Morgan fingerprint density at radius 2 is 2.07 bits per heavy atom. The second-order valence-electron chi connectivity index (χ2n) is 6.28. The SMILES string of the molecule is CCOC(C)OCCOC.Cc1ncnc2c1ncn2[C@H]1C[C@H](O)[C@@H](CO)O1. The number of aliphatic hydroxyl groups is 2. The van der Waals surface area contributed by atoms with Crippen LogP contribution >= 0.6 is 0 Å². The van der Waals surface area contributed by atoms with Crippen molar-refractivity contribution in [2.45, 2.75) is 51.9 Å². The molecule has 10 nitrogen and oxygen atoms in total. The smallest absolute Gasteiger partial charge is 0.165 e. The molecular weight excluding hydrogens is 368 g/mol. The van der Waals surface area contributed by atoms with Crippen LogP contribution in [-0.2, 0) is 18.9 Å². The van der Waals surface area contributed by atoms with Gasteiger partial charge in [0, 0.05) is 20.1 Å². The molecule has 0 aromatic carbocycles. The number of ether oxygens (including phenoxy) is 4. The molecule has 1 aliphatic heterocycles. The first kappa shape index (κ1) is 22.6. The minimum atomic E-state index is -0.666. The first-order valence-electron chi connectivity index (χ1n) is 9.32. The Hall–Kier alpha value is -1.69. The molecule has 0 aliphatic carbocycles. The van der Waals surface area contributed by atoms with Gasteiger partial charge in [0.15, 0.2) is 11.9 Å². The van der Waals surface area contributed by atoms with Crippen molar-refractivity contribution in [1.29, 1.82) is 0 Å². The Morgan fingerprint density at radius 1 is 1.29 bits per heavy atom. The van der Waals surface area contributed by atoms with Crippen LogP contribution in [-0.4, -0.2) is 81.8 Å². The van der Waals surface area contributed by atoms with E-state index in [0.29, 0.717) is 31.9 Å². The molecule has 2 aromatic heterocycles. The summed E-state index contributed by atoms with van der Waals surface area (Å²) in [7, 11) is 1.65. The van der Waals surface area contributed by atoms with E-state index < -0.39 is 12.2 Å². The van der Waals surface area contributed by atoms with Gasteiger partial charge in [-0.3, -0.25) is 4.57 Å². The molecule has 0 amide bonds. The lowest BCUT2D eigenvalue weighted by Gasteiger charge is -2.13. The summed E-state index contributed by atoms with van der Waals surface area (Å²) < 4.78 is 22.4. The van der Waals surface area contributed by atoms with E-state index in [1.807, 2.05) is 20.8 Å². The second kappa shape index (κ2) is 11.3. The Morgan fingerprint density at radius 3 is 2.71 bits per heavy atom. The maximum atomic E-state index is 9.73. The average Bonchev–Trinajstić information content (AvgIpc) is 3.27. The van der Waals surface area contributed by atoms with Gasteiger partial charge in [-0.05, 0) is 20.8 Å². The summed E-state index contributed by atoms with van der Waals surface area (Å²) in [6.07, 6.45) is 1.85. The van der Waals surface area contributed by atoms with Crippen molar-refractivity contribution in [3.63, 3.8) is 0 Å². The molecule has 28 heavy (non-hydrogen) atoms. The van der Waals surface area contributed by atoms with Crippen LogP contribution in [0.4, 0.5) is 0 Å². The number of aliphatic hydroxyl groups excluding tert-OH is 2. The fourth-order valence-electron chi connectivity index (χ4n) is 2.81. The van der Waals surface area contributed by atoms with Crippen molar-refractivity contribution < 1.29 is 29.2 Å². The molecule has 1 unspecified atom stereocenters. The summed E-state index contributed by atoms with van der Waals surface area (Å²) in [4.78, 5) is 12.5. The van der Waals surface area contributed by atoms with Gasteiger partial charge in [-0.25, -0.2) is 15.0 Å². The van der Waals surface area contributed by atoms with Crippen LogP contribution < -0.4 is 0 Å². The van der Waals surface area contributed by atoms with Crippen LogP contribution in [0.15, 0.2) is 12.7 Å². The number of imidazole rings is 1. The number of aromatic nitrogens is 4. The van der Waals surface area contributed by atoms with E-state index in [1.165, 1.54) is 6.33 Å². The highest BCUT2D eigenvalue weighted by molar-refractivity contribution is 5.72. The molecule has 158 valence electrons. The summed E-state index contributed by atoms with van der Waals surface area (Å²) in [6, 6.07) is 0. The van der Waals surface area contributed by atoms with E-state index in [-0.39, 0.29) is 19.1 Å². The van der Waals surface area contributed by atoms with Crippen LogP contribution in [0.3, 0.4) is 0 Å². The number of rotatable bonds is 8. The van der Waals surface area contributed by atoms with Gasteiger partial charge in [0.2, 0.25) is 0 Å². The van der Waals surface area contributed by atoms with Crippen molar-refractivity contribution in [1.82, 2.24) is 19.5 Å². The number of nitrogens with zero attached hydrogens (tertiary/aromatic N) is 4. The van der Waals surface area contributed by atoms with Crippen LogP contribution in [0.1, 0.15) is 32.2 Å². The lowest BCUT2D eigenvalue weighted by atomic mass is 10.2. The third kappa shape index (κ3) is 5.90. The normalized spacial score (nSPS) is 22.9. The Bertz CT molecular complexity index is 712. The summed E-state index contributed by atoms with van der Waals surface area (Å²) in [6.45, 7) is 7.39. The van der Waals surface area contributed by atoms with Gasteiger partial charge in [0.1, 0.15) is 24.2 Å². The third-order valence-electron chi connectivity index (χ3n) is 4.28. The lowest BCUT2D eigenvalue weighted by molar-refractivity contribution is -0.134. The minimum Gasteiger partial charge on any atom is -0.394 e. The first-order valence-corrected chi connectivity index (χ1v) is 9.32. The highest BCUT2D eigenvalue weighted by Crippen LogP contribution is 2.30. The average molecular weight is 398 g/mol. The molecule has 3 rings (SSSR count). The van der Waals surface area contributed by atoms with Crippen LogP contribution in [0.25, 0.3) is 11.2 Å². The largest absolute Gasteiger partial charge is 0.394 e. The molecule has 1 aliphatic rings. The number of hydrogen-bond acceptors (Lipinski definition) is 9. The van der Waals surface area contributed by atoms with E-state index in [4.69, 9.17) is 24.1 Å². The summed E-state index contributed by atoms with van der Waals surface area (Å²) in [5, 5.41) is 18.8. The van der Waals surface area contributed by atoms with Gasteiger partial charge in [-0.15, -0.1) is 0 Å². The standard InChI is InChI=1S/C11H14N4O3.C7H16O3/c1-6-10-11(13-4-12-6)15(5-14-10)9-2-7(17)8(3-16)18-9;1-4-9-7(2)10-6-5-8-3/h4-5,7-9,16-17H,2-3H2,1H3;7H,4-6H2,1-3H3/t7-,8+,9+;/m0./s1. The van der Waals surface area contributed by atoms with Crippen molar-refractivity contribution in [3.05, 3.63) is 18.3 Å². The fourth-order valence-corrected chi connectivity index (χ4v) is 2.81. The molecule has 0 radical (unpaired) electrons. The van der Waals surface area contributed by atoms with Gasteiger partial charge < -0.3 is 29.2 Å². The maximum absolute atomic E-state index is 9.73. The number of methoxy groups -OCH3 is 1. The maximum Gasteiger partial charge on any atom is 0.165 e. The second-order valence-corrected chi connectivity index (χ2v) is 6.28. The Kier molecular flexibility index (Phi) is 9.16. The van der Waals surface area contributed by atoms with Crippen LogP contribution in [0.2, 0.25) is 0 Å². The molecule has 0 spiro atoms. The molecule has 2 aromatic rings. The number of hydrogen-bond donors (Lipinski definition) is 2. The summed E-state index contributed by atoms with van der Waals surface area (Å²) in [5.41, 5.74) is 2.21. The van der Waals surface area contributed by atoms with E-state index >= 15 is 0 Å². The quantitative estimate of drug-likeness (QED) is 0.491. The van der Waals surface area contributed by atoms with Crippen molar-refractivity contribution in [2.75, 3.05) is 33.5 Å². The zero-order valence-corrected chi connectivity index (χ0v) is 16.8. The zero-order valence-electron chi connectivity index (χ0n) is 16.8. The molecule has 1 saturated heterocycles. The molecule has 10 heteroatoms. The van der Waals surface area contributed by atoms with Gasteiger partial charge in [0.25, 0.3) is 0 Å². The summed E-state index contributed by atoms with van der Waals surface area (Å²) in [5.74, 6) is 0. The molecule has 1 fully saturated rings. The van der Waals surface area contributed by atoms with Gasteiger partial charge in [-0.1, -0.05) is 0 Å². The first-order chi connectivity index (χ1) is 13.5. The zero-order chi connectivity index (χ0) is 20.5. The molecular formula is C18H30N4O6. The molecule has 3 heterocycles. The molecule has 0 saturated carbocycles. The van der Waals surface area contributed by atoms with Crippen molar-refractivity contribution in [2.24, 2.45) is 0 Å². The van der Waals surface area contributed by atoms with Crippen LogP contribution in [0.5, 0.6) is 0 Å². The monoisotopic (exact) mass is 398 g/mol. The molecule has 0 bridgehead atoms. The summed E-state index contributed by atoms with van der Waals surface area (Å²) >= 11 is 0. The molecule has 4 atom stereocenters. The lowest BCUT2D eigenvalue weighted by Crippen LogP contribution is -2.24. The van der Waals surface area contributed by atoms with Crippen molar-refractivity contribution >= 4 is 11.2 Å². The number of fused-ring (bicyclic) bond motifs is 1. The van der Waals surface area contributed by atoms with Crippen LogP contribution in [0, 0.1) is 6.92 Å². The minimum absolute atomic E-state index is 0.111.